The van der Waals surface area contributed by atoms with Crippen molar-refractivity contribution >= 4 is 5.82 Å². The molecule has 0 saturated carbocycles. The Morgan fingerprint density at radius 1 is 1.38 bits per heavy atom. The van der Waals surface area contributed by atoms with Crippen molar-refractivity contribution in [1.29, 1.82) is 0 Å². The monoisotopic (exact) mass is 178 g/mol. The average molecular weight is 178 g/mol. The van der Waals surface area contributed by atoms with Crippen LogP contribution in [0.15, 0.2) is 12.3 Å². The Balaban J connectivity index is 2.35. The van der Waals surface area contributed by atoms with Crippen LogP contribution in [0.5, 0.6) is 0 Å². The number of nitrogens with one attached hydrogen (secondary N) is 2. The van der Waals surface area contributed by atoms with Gasteiger partial charge in [0, 0.05) is 12.7 Å². The van der Waals surface area contributed by atoms with Gasteiger partial charge in [-0.25, -0.2) is 0 Å². The van der Waals surface area contributed by atoms with E-state index in [0.29, 0.717) is 11.3 Å². The summed E-state index contributed by atoms with van der Waals surface area (Å²) in [5, 5.41) is 3.39. The van der Waals surface area contributed by atoms with Crippen LogP contribution in [0.3, 0.4) is 0 Å². The summed E-state index contributed by atoms with van der Waals surface area (Å²) < 4.78 is 0. The molecule has 0 bridgehead atoms. The molecule has 1 aliphatic heterocycles. The predicted octanol–water partition coefficient (Wildman–Crippen LogP) is 2.96. The first kappa shape index (κ1) is 8.67. The van der Waals surface area contributed by atoms with E-state index in [1.807, 2.05) is 6.20 Å². The summed E-state index contributed by atoms with van der Waals surface area (Å²) in [6, 6.07) is 2.21. The maximum Gasteiger partial charge on any atom is 0.106 e. The van der Waals surface area contributed by atoms with Crippen molar-refractivity contribution in [2.75, 3.05) is 11.9 Å². The highest BCUT2D eigenvalue weighted by molar-refractivity contribution is 5.49. The van der Waals surface area contributed by atoms with Crippen LogP contribution in [-0.2, 0) is 0 Å². The Morgan fingerprint density at radius 2 is 2.15 bits per heavy atom. The van der Waals surface area contributed by atoms with E-state index in [9.17, 15) is 0 Å². The lowest BCUT2D eigenvalue weighted by Crippen LogP contribution is -2.25. The Kier molecular flexibility index (Phi) is 1.86. The van der Waals surface area contributed by atoms with E-state index in [2.05, 4.69) is 37.1 Å². The third-order valence-electron chi connectivity index (χ3n) is 2.93. The largest absolute Gasteiger partial charge is 0.371 e. The number of rotatable bonds is 0. The molecule has 1 aromatic heterocycles. The molecule has 0 saturated heterocycles. The SMILES string of the molecule is CC(C)(C)C1CCNc2[nH]ccc21. The molecule has 2 rings (SSSR count). The molecule has 1 aromatic rings. The van der Waals surface area contributed by atoms with Gasteiger partial charge in [0.1, 0.15) is 5.82 Å². The second-order valence-electron chi connectivity index (χ2n) is 4.94. The molecule has 0 amide bonds. The predicted molar refractivity (Wildman–Crippen MR) is 56.1 cm³/mol. The Bertz CT molecular complexity index is 293. The van der Waals surface area contributed by atoms with Gasteiger partial charge in [-0.2, -0.15) is 0 Å². The Hall–Kier alpha value is -0.920. The summed E-state index contributed by atoms with van der Waals surface area (Å²) in [5.74, 6) is 1.92. The first-order valence-electron chi connectivity index (χ1n) is 5.00. The van der Waals surface area contributed by atoms with E-state index >= 15 is 0 Å². The molecule has 13 heavy (non-hydrogen) atoms. The molecule has 2 N–H and O–H groups in total. The zero-order valence-electron chi connectivity index (χ0n) is 8.65. The lowest BCUT2D eigenvalue weighted by Gasteiger charge is -2.34. The summed E-state index contributed by atoms with van der Waals surface area (Å²) in [4.78, 5) is 3.25. The maximum absolute atomic E-state index is 3.39. The molecule has 0 spiro atoms. The van der Waals surface area contributed by atoms with E-state index < -0.39 is 0 Å². The minimum absolute atomic E-state index is 0.374. The molecule has 2 heteroatoms. The third-order valence-corrected chi connectivity index (χ3v) is 2.93. The number of hydrogen-bond donors (Lipinski definition) is 2. The first-order chi connectivity index (χ1) is 6.09. The van der Waals surface area contributed by atoms with Gasteiger partial charge in [0.25, 0.3) is 0 Å². The number of hydrogen-bond acceptors (Lipinski definition) is 1. The molecule has 72 valence electrons. The van der Waals surface area contributed by atoms with E-state index in [1.54, 1.807) is 0 Å². The summed E-state index contributed by atoms with van der Waals surface area (Å²) in [6.07, 6.45) is 3.27. The Morgan fingerprint density at radius 3 is 2.85 bits per heavy atom. The maximum atomic E-state index is 3.39. The zero-order chi connectivity index (χ0) is 9.47. The number of aromatic amines is 1. The lowest BCUT2D eigenvalue weighted by atomic mass is 9.74. The van der Waals surface area contributed by atoms with Crippen molar-refractivity contribution in [2.45, 2.75) is 33.1 Å². The summed E-state index contributed by atoms with van der Waals surface area (Å²) >= 11 is 0. The summed E-state index contributed by atoms with van der Waals surface area (Å²) in [6.45, 7) is 8.05. The number of anilines is 1. The quantitative estimate of drug-likeness (QED) is 0.628. The van der Waals surface area contributed by atoms with Crippen molar-refractivity contribution < 1.29 is 0 Å². The highest BCUT2D eigenvalue weighted by Gasteiger charge is 2.30. The first-order valence-corrected chi connectivity index (χ1v) is 5.00. The molecule has 2 heterocycles. The van der Waals surface area contributed by atoms with Crippen molar-refractivity contribution in [3.63, 3.8) is 0 Å². The standard InChI is InChI=1S/C11H18N2/c1-11(2,3)9-5-7-13-10-8(9)4-6-12-10/h4,6,9,12-13H,5,7H2,1-3H3. The highest BCUT2D eigenvalue weighted by atomic mass is 15.0. The van der Waals surface area contributed by atoms with E-state index in [1.165, 1.54) is 17.8 Å². The fraction of sp³-hybridized carbons (Fsp3) is 0.636. The van der Waals surface area contributed by atoms with Crippen LogP contribution in [-0.4, -0.2) is 11.5 Å². The molecule has 0 aromatic carbocycles. The van der Waals surface area contributed by atoms with Gasteiger partial charge in [-0.1, -0.05) is 20.8 Å². The van der Waals surface area contributed by atoms with Crippen molar-refractivity contribution in [1.82, 2.24) is 4.98 Å². The van der Waals surface area contributed by atoms with Gasteiger partial charge in [0.15, 0.2) is 0 Å². The van der Waals surface area contributed by atoms with Gasteiger partial charge >= 0.3 is 0 Å². The number of H-pyrrole nitrogens is 1. The van der Waals surface area contributed by atoms with Crippen LogP contribution in [0.1, 0.15) is 38.7 Å². The van der Waals surface area contributed by atoms with E-state index in [4.69, 9.17) is 0 Å². The minimum Gasteiger partial charge on any atom is -0.371 e. The van der Waals surface area contributed by atoms with Crippen molar-refractivity contribution in [3.05, 3.63) is 17.8 Å². The topological polar surface area (TPSA) is 27.8 Å². The van der Waals surface area contributed by atoms with Crippen LogP contribution in [0, 0.1) is 5.41 Å². The third kappa shape index (κ3) is 1.45. The van der Waals surface area contributed by atoms with Gasteiger partial charge < -0.3 is 10.3 Å². The van der Waals surface area contributed by atoms with Gasteiger partial charge in [0.05, 0.1) is 0 Å². The Labute approximate surface area is 79.7 Å². The average Bonchev–Trinajstić information content (AvgIpc) is 2.48. The molecule has 2 nitrogen and oxygen atoms in total. The van der Waals surface area contributed by atoms with Crippen LogP contribution in [0.2, 0.25) is 0 Å². The van der Waals surface area contributed by atoms with Crippen LogP contribution >= 0.6 is 0 Å². The van der Waals surface area contributed by atoms with E-state index in [-0.39, 0.29) is 0 Å². The normalized spacial score (nSPS) is 22.2. The van der Waals surface area contributed by atoms with Gasteiger partial charge in [-0.15, -0.1) is 0 Å². The molecule has 1 unspecified atom stereocenters. The van der Waals surface area contributed by atoms with Gasteiger partial charge in [0.2, 0.25) is 0 Å². The zero-order valence-corrected chi connectivity index (χ0v) is 8.65. The molecule has 0 fully saturated rings. The summed E-state index contributed by atoms with van der Waals surface area (Å²) in [7, 11) is 0. The number of aromatic nitrogens is 1. The fourth-order valence-corrected chi connectivity index (χ4v) is 2.22. The smallest absolute Gasteiger partial charge is 0.106 e. The van der Waals surface area contributed by atoms with Crippen LogP contribution in [0.4, 0.5) is 5.82 Å². The highest BCUT2D eigenvalue weighted by Crippen LogP contribution is 2.42. The van der Waals surface area contributed by atoms with Crippen molar-refractivity contribution in [3.8, 4) is 0 Å². The van der Waals surface area contributed by atoms with Crippen LogP contribution < -0.4 is 5.32 Å². The van der Waals surface area contributed by atoms with Crippen LogP contribution in [0.25, 0.3) is 0 Å². The molecular formula is C11H18N2. The second kappa shape index (κ2) is 2.79. The number of fused-ring (bicyclic) bond motifs is 1. The van der Waals surface area contributed by atoms with E-state index in [0.717, 1.165) is 6.54 Å². The van der Waals surface area contributed by atoms with Crippen molar-refractivity contribution in [2.24, 2.45) is 5.41 Å². The fourth-order valence-electron chi connectivity index (χ4n) is 2.22. The minimum atomic E-state index is 0.374. The summed E-state index contributed by atoms with van der Waals surface area (Å²) in [5.41, 5.74) is 1.83. The molecule has 0 aliphatic carbocycles. The molecule has 1 atom stereocenters. The molecule has 0 radical (unpaired) electrons. The molecule has 1 aliphatic rings. The van der Waals surface area contributed by atoms with Gasteiger partial charge in [-0.05, 0) is 29.4 Å². The van der Waals surface area contributed by atoms with Gasteiger partial charge in [-0.3, -0.25) is 0 Å². The lowest BCUT2D eigenvalue weighted by molar-refractivity contribution is 0.306. The second-order valence-corrected chi connectivity index (χ2v) is 4.94. The molecular weight excluding hydrogens is 160 g/mol.